The molecular formula is C20H20ClNO2S. The van der Waals surface area contributed by atoms with Crippen LogP contribution in [0.25, 0.3) is 10.1 Å². The van der Waals surface area contributed by atoms with Gasteiger partial charge in [-0.3, -0.25) is 4.79 Å². The zero-order chi connectivity index (χ0) is 18.0. The van der Waals surface area contributed by atoms with E-state index in [2.05, 4.69) is 0 Å². The van der Waals surface area contributed by atoms with Crippen LogP contribution < -0.4 is 4.74 Å². The third kappa shape index (κ3) is 3.65. The molecule has 0 N–H and O–H groups in total. The van der Waals surface area contributed by atoms with Gasteiger partial charge in [-0.2, -0.15) is 0 Å². The summed E-state index contributed by atoms with van der Waals surface area (Å²) in [6.45, 7) is 4.60. The number of halogens is 1. The third-order valence-corrected chi connectivity index (χ3v) is 5.77. The van der Waals surface area contributed by atoms with E-state index >= 15 is 0 Å². The summed E-state index contributed by atoms with van der Waals surface area (Å²) in [6, 6.07) is 15.8. The molecule has 3 aromatic rings. The van der Waals surface area contributed by atoms with Gasteiger partial charge in [0.05, 0.1) is 12.1 Å². The Balaban J connectivity index is 1.97. The van der Waals surface area contributed by atoms with E-state index in [4.69, 9.17) is 16.3 Å². The molecule has 0 aliphatic carbocycles. The van der Waals surface area contributed by atoms with Gasteiger partial charge < -0.3 is 9.64 Å². The molecule has 1 aromatic heterocycles. The molecule has 3 nitrogen and oxygen atoms in total. The molecule has 5 heteroatoms. The lowest BCUT2D eigenvalue weighted by atomic mass is 10.1. The number of hydrogen-bond acceptors (Lipinski definition) is 3. The maximum absolute atomic E-state index is 13.2. The quantitative estimate of drug-likeness (QED) is 0.581. The van der Waals surface area contributed by atoms with Crippen molar-refractivity contribution in [3.63, 3.8) is 0 Å². The van der Waals surface area contributed by atoms with Gasteiger partial charge >= 0.3 is 0 Å². The number of thiophene rings is 1. The van der Waals surface area contributed by atoms with Crippen molar-refractivity contribution in [3.05, 3.63) is 64.0 Å². The molecule has 0 fully saturated rings. The molecule has 1 amide bonds. The van der Waals surface area contributed by atoms with Gasteiger partial charge in [-0.15, -0.1) is 11.3 Å². The van der Waals surface area contributed by atoms with Crippen molar-refractivity contribution in [2.75, 3.05) is 7.11 Å². The lowest BCUT2D eigenvalue weighted by molar-refractivity contribution is 0.0695. The van der Waals surface area contributed by atoms with Crippen LogP contribution in [0.5, 0.6) is 5.75 Å². The van der Waals surface area contributed by atoms with Crippen LogP contribution in [0.3, 0.4) is 0 Å². The molecule has 0 bridgehead atoms. The van der Waals surface area contributed by atoms with Crippen LogP contribution >= 0.6 is 22.9 Å². The summed E-state index contributed by atoms with van der Waals surface area (Å²) in [6.07, 6.45) is 0. The van der Waals surface area contributed by atoms with Crippen molar-refractivity contribution >= 4 is 38.9 Å². The zero-order valence-corrected chi connectivity index (χ0v) is 16.0. The van der Waals surface area contributed by atoms with E-state index in [1.807, 2.05) is 67.3 Å². The summed E-state index contributed by atoms with van der Waals surface area (Å²) in [7, 11) is 1.62. The summed E-state index contributed by atoms with van der Waals surface area (Å²) in [5.41, 5.74) is 1.10. The van der Waals surface area contributed by atoms with Crippen molar-refractivity contribution in [1.82, 2.24) is 4.90 Å². The fraction of sp³-hybridized carbons (Fsp3) is 0.250. The Morgan fingerprint density at radius 3 is 2.56 bits per heavy atom. The summed E-state index contributed by atoms with van der Waals surface area (Å²) >= 11 is 7.97. The molecule has 1 heterocycles. The molecule has 2 aromatic carbocycles. The number of methoxy groups -OCH3 is 1. The first-order chi connectivity index (χ1) is 12.0. The van der Waals surface area contributed by atoms with Crippen molar-refractivity contribution < 1.29 is 9.53 Å². The van der Waals surface area contributed by atoms with Crippen molar-refractivity contribution in [1.29, 1.82) is 0 Å². The van der Waals surface area contributed by atoms with Crippen molar-refractivity contribution in [2.45, 2.75) is 26.4 Å². The van der Waals surface area contributed by atoms with Crippen molar-refractivity contribution in [2.24, 2.45) is 0 Å². The monoisotopic (exact) mass is 373 g/mol. The van der Waals surface area contributed by atoms with E-state index in [9.17, 15) is 4.79 Å². The van der Waals surface area contributed by atoms with Gasteiger partial charge in [0.25, 0.3) is 5.91 Å². The van der Waals surface area contributed by atoms with Gasteiger partial charge in [0.15, 0.2) is 0 Å². The molecule has 0 spiro atoms. The predicted molar refractivity (Wildman–Crippen MR) is 105 cm³/mol. The average Bonchev–Trinajstić information content (AvgIpc) is 2.96. The van der Waals surface area contributed by atoms with Gasteiger partial charge in [-0.1, -0.05) is 41.9 Å². The second kappa shape index (κ2) is 7.46. The van der Waals surface area contributed by atoms with E-state index in [0.29, 0.717) is 16.4 Å². The van der Waals surface area contributed by atoms with Crippen molar-refractivity contribution in [3.8, 4) is 5.75 Å². The number of amides is 1. The molecular weight excluding hydrogens is 354 g/mol. The first kappa shape index (κ1) is 17.8. The molecule has 0 atom stereocenters. The van der Waals surface area contributed by atoms with E-state index < -0.39 is 0 Å². The molecule has 0 radical (unpaired) electrons. The number of benzene rings is 2. The maximum Gasteiger partial charge on any atom is 0.266 e. The largest absolute Gasteiger partial charge is 0.497 e. The van der Waals surface area contributed by atoms with E-state index in [-0.39, 0.29) is 11.9 Å². The Morgan fingerprint density at radius 1 is 1.20 bits per heavy atom. The lowest BCUT2D eigenvalue weighted by Crippen LogP contribution is -2.36. The minimum absolute atomic E-state index is 0.0379. The zero-order valence-electron chi connectivity index (χ0n) is 14.5. The third-order valence-electron chi connectivity index (χ3n) is 4.11. The molecule has 25 heavy (non-hydrogen) atoms. The number of rotatable bonds is 5. The summed E-state index contributed by atoms with van der Waals surface area (Å²) in [5.74, 6) is 0.695. The average molecular weight is 374 g/mol. The van der Waals surface area contributed by atoms with E-state index in [1.54, 1.807) is 7.11 Å². The van der Waals surface area contributed by atoms with Crippen LogP contribution in [0.1, 0.15) is 29.1 Å². The highest BCUT2D eigenvalue weighted by molar-refractivity contribution is 7.21. The fourth-order valence-electron chi connectivity index (χ4n) is 2.71. The molecule has 0 unspecified atom stereocenters. The highest BCUT2D eigenvalue weighted by Crippen LogP contribution is 2.38. The lowest BCUT2D eigenvalue weighted by Gasteiger charge is -2.26. The topological polar surface area (TPSA) is 29.5 Å². The Morgan fingerprint density at radius 2 is 1.92 bits per heavy atom. The Bertz CT molecular complexity index is 889. The standard InChI is InChI=1S/C20H20ClNO2S/c1-13(2)22(12-14-7-5-4-6-8-14)20(23)19-18(21)16-11-15(24-3)9-10-17(16)25-19/h4-11,13H,12H2,1-3H3. The first-order valence-corrected chi connectivity index (χ1v) is 9.31. The van der Waals surface area contributed by atoms with Crippen LogP contribution in [0.4, 0.5) is 0 Å². The summed E-state index contributed by atoms with van der Waals surface area (Å²) in [4.78, 5) is 15.6. The minimum Gasteiger partial charge on any atom is -0.497 e. The normalized spacial score (nSPS) is 11.1. The van der Waals surface area contributed by atoms with Crippen LogP contribution in [0.15, 0.2) is 48.5 Å². The van der Waals surface area contributed by atoms with Gasteiger partial charge in [-0.25, -0.2) is 0 Å². The highest BCUT2D eigenvalue weighted by Gasteiger charge is 2.24. The Hall–Kier alpha value is -2.04. The summed E-state index contributed by atoms with van der Waals surface area (Å²) in [5, 5.41) is 1.36. The number of fused-ring (bicyclic) bond motifs is 1. The van der Waals surface area contributed by atoms with Gasteiger partial charge in [-0.05, 0) is 37.6 Å². The maximum atomic E-state index is 13.2. The fourth-order valence-corrected chi connectivity index (χ4v) is 4.15. The molecule has 0 saturated carbocycles. The molecule has 0 saturated heterocycles. The number of ether oxygens (including phenoxy) is 1. The number of nitrogens with zero attached hydrogens (tertiary/aromatic N) is 1. The van der Waals surface area contributed by atoms with E-state index in [1.165, 1.54) is 11.3 Å². The smallest absolute Gasteiger partial charge is 0.266 e. The first-order valence-electron chi connectivity index (χ1n) is 8.12. The van der Waals surface area contributed by atoms with Gasteiger partial charge in [0.2, 0.25) is 0 Å². The van der Waals surface area contributed by atoms with E-state index in [0.717, 1.165) is 21.4 Å². The molecule has 0 aliphatic rings. The Labute approximate surface area is 156 Å². The number of carbonyl (C=O) groups is 1. The van der Waals surface area contributed by atoms with Crippen LogP contribution in [0, 0.1) is 0 Å². The van der Waals surface area contributed by atoms with Gasteiger partial charge in [0.1, 0.15) is 10.6 Å². The summed E-state index contributed by atoms with van der Waals surface area (Å²) < 4.78 is 6.25. The minimum atomic E-state index is -0.0379. The van der Waals surface area contributed by atoms with Crippen LogP contribution in [0.2, 0.25) is 5.02 Å². The van der Waals surface area contributed by atoms with Crippen LogP contribution in [-0.4, -0.2) is 24.0 Å². The number of carbonyl (C=O) groups excluding carboxylic acids is 1. The second-order valence-electron chi connectivity index (χ2n) is 6.12. The SMILES string of the molecule is COc1ccc2sc(C(=O)N(Cc3ccccc3)C(C)C)c(Cl)c2c1. The molecule has 3 rings (SSSR count). The molecule has 0 aliphatic heterocycles. The number of hydrogen-bond donors (Lipinski definition) is 0. The Kier molecular flexibility index (Phi) is 5.30. The highest BCUT2D eigenvalue weighted by atomic mass is 35.5. The molecule has 130 valence electrons. The second-order valence-corrected chi connectivity index (χ2v) is 7.55. The van der Waals surface area contributed by atoms with Crippen LogP contribution in [-0.2, 0) is 6.54 Å². The predicted octanol–water partition coefficient (Wildman–Crippen LogP) is 5.61. The van der Waals surface area contributed by atoms with Gasteiger partial charge in [0, 0.05) is 22.7 Å².